The summed E-state index contributed by atoms with van der Waals surface area (Å²) in [6, 6.07) is 10.4. The Hall–Kier alpha value is -2.65. The van der Waals surface area contributed by atoms with Gasteiger partial charge in [-0.15, -0.1) is 5.10 Å². The first-order valence-electron chi connectivity index (χ1n) is 5.19. The average molecular weight is 242 g/mol. The number of nitrogens with two attached hydrogens (primary N) is 1. The third-order valence-electron chi connectivity index (χ3n) is 2.47. The highest BCUT2D eigenvalue weighted by Gasteiger charge is 2.16. The van der Waals surface area contributed by atoms with Crippen LogP contribution in [0.1, 0.15) is 11.3 Å². The molecule has 0 aliphatic rings. The molecular weight excluding hydrogens is 232 g/mol. The average Bonchev–Trinajstić information content (AvgIpc) is 2.41. The van der Waals surface area contributed by atoms with E-state index in [-0.39, 0.29) is 17.8 Å². The number of rotatable bonds is 2. The van der Waals surface area contributed by atoms with Crippen molar-refractivity contribution in [2.45, 2.75) is 6.54 Å². The van der Waals surface area contributed by atoms with Gasteiger partial charge in [0.05, 0.1) is 11.3 Å². The summed E-state index contributed by atoms with van der Waals surface area (Å²) in [5, 5.41) is 22.3. The van der Waals surface area contributed by atoms with Crippen LogP contribution in [-0.2, 0) is 6.54 Å². The van der Waals surface area contributed by atoms with Gasteiger partial charge >= 0.3 is 0 Å². The first-order chi connectivity index (χ1) is 8.69. The highest BCUT2D eigenvalue weighted by molar-refractivity contribution is 5.43. The van der Waals surface area contributed by atoms with Crippen molar-refractivity contribution < 1.29 is 5.11 Å². The predicted octanol–water partition coefficient (Wildman–Crippen LogP) is 0.268. The zero-order chi connectivity index (χ0) is 13.1. The fourth-order valence-electron chi connectivity index (χ4n) is 1.57. The molecule has 3 N–H and O–H groups in total. The van der Waals surface area contributed by atoms with Crippen LogP contribution >= 0.6 is 0 Å². The van der Waals surface area contributed by atoms with Gasteiger partial charge in [0.15, 0.2) is 5.75 Å². The van der Waals surface area contributed by atoms with Gasteiger partial charge in [0, 0.05) is 6.54 Å². The summed E-state index contributed by atoms with van der Waals surface area (Å²) < 4.78 is 1.06. The highest BCUT2D eigenvalue weighted by Crippen LogP contribution is 2.16. The SMILES string of the molecule is N#Cc1nn(-c2ccccc2)c(=O)c(CN)c1O. The number of benzene rings is 1. The van der Waals surface area contributed by atoms with Gasteiger partial charge < -0.3 is 10.8 Å². The van der Waals surface area contributed by atoms with Gasteiger partial charge in [0.1, 0.15) is 6.07 Å². The van der Waals surface area contributed by atoms with Crippen LogP contribution in [0.3, 0.4) is 0 Å². The molecule has 1 aromatic heterocycles. The fourth-order valence-corrected chi connectivity index (χ4v) is 1.57. The lowest BCUT2D eigenvalue weighted by Gasteiger charge is -2.08. The van der Waals surface area contributed by atoms with Gasteiger partial charge in [0.25, 0.3) is 5.56 Å². The van der Waals surface area contributed by atoms with E-state index in [1.165, 1.54) is 0 Å². The quantitative estimate of drug-likeness (QED) is 0.786. The number of aromatic nitrogens is 2. The topological polar surface area (TPSA) is 105 Å². The largest absolute Gasteiger partial charge is 0.504 e. The highest BCUT2D eigenvalue weighted by atomic mass is 16.3. The molecule has 0 bridgehead atoms. The van der Waals surface area contributed by atoms with Crippen molar-refractivity contribution in [2.24, 2.45) is 5.73 Å². The summed E-state index contributed by atoms with van der Waals surface area (Å²) in [5.41, 5.74) is 5.15. The smallest absolute Gasteiger partial charge is 0.279 e. The molecule has 0 unspecified atom stereocenters. The molecule has 2 rings (SSSR count). The third kappa shape index (κ3) is 1.83. The van der Waals surface area contributed by atoms with E-state index >= 15 is 0 Å². The molecule has 0 amide bonds. The summed E-state index contributed by atoms with van der Waals surface area (Å²) in [6.07, 6.45) is 0. The van der Waals surface area contributed by atoms with Crippen molar-refractivity contribution in [2.75, 3.05) is 0 Å². The molecule has 2 aromatic rings. The van der Waals surface area contributed by atoms with E-state index in [1.54, 1.807) is 36.4 Å². The van der Waals surface area contributed by atoms with E-state index in [0.717, 1.165) is 4.68 Å². The molecule has 1 heterocycles. The van der Waals surface area contributed by atoms with E-state index in [1.807, 2.05) is 0 Å². The van der Waals surface area contributed by atoms with Crippen LogP contribution in [0.2, 0.25) is 0 Å². The Bertz CT molecular complexity index is 671. The van der Waals surface area contributed by atoms with Crippen LogP contribution in [0.5, 0.6) is 5.75 Å². The minimum atomic E-state index is -0.528. The van der Waals surface area contributed by atoms with Gasteiger partial charge in [-0.2, -0.15) is 9.94 Å². The normalized spacial score (nSPS) is 10.0. The molecule has 0 fully saturated rings. The van der Waals surface area contributed by atoms with Crippen molar-refractivity contribution in [3.63, 3.8) is 0 Å². The molecular formula is C12H10N4O2. The first kappa shape index (κ1) is 11.8. The number of nitriles is 1. The summed E-state index contributed by atoms with van der Waals surface area (Å²) in [6.45, 7) is -0.158. The second kappa shape index (κ2) is 4.69. The molecule has 18 heavy (non-hydrogen) atoms. The minimum Gasteiger partial charge on any atom is -0.504 e. The molecule has 0 saturated heterocycles. The molecule has 0 radical (unpaired) electrons. The van der Waals surface area contributed by atoms with Crippen molar-refractivity contribution in [1.82, 2.24) is 9.78 Å². The number of para-hydroxylation sites is 1. The second-order valence-corrected chi connectivity index (χ2v) is 3.54. The monoisotopic (exact) mass is 242 g/mol. The summed E-state index contributed by atoms with van der Waals surface area (Å²) in [5.74, 6) is -0.447. The van der Waals surface area contributed by atoms with E-state index in [4.69, 9.17) is 11.0 Å². The van der Waals surface area contributed by atoms with E-state index in [2.05, 4.69) is 5.10 Å². The van der Waals surface area contributed by atoms with Gasteiger partial charge in [-0.3, -0.25) is 4.79 Å². The molecule has 0 atom stereocenters. The molecule has 6 nitrogen and oxygen atoms in total. The maximum Gasteiger partial charge on any atom is 0.279 e. The lowest BCUT2D eigenvalue weighted by molar-refractivity contribution is 0.456. The Morgan fingerprint density at radius 1 is 1.39 bits per heavy atom. The Morgan fingerprint density at radius 3 is 2.61 bits per heavy atom. The van der Waals surface area contributed by atoms with Crippen LogP contribution in [0, 0.1) is 11.3 Å². The zero-order valence-corrected chi connectivity index (χ0v) is 9.37. The number of aromatic hydroxyl groups is 1. The van der Waals surface area contributed by atoms with Crippen molar-refractivity contribution >= 4 is 0 Å². The van der Waals surface area contributed by atoms with Crippen molar-refractivity contribution in [3.05, 3.63) is 51.9 Å². The lowest BCUT2D eigenvalue weighted by Crippen LogP contribution is -2.27. The molecule has 0 aliphatic heterocycles. The van der Waals surface area contributed by atoms with Crippen LogP contribution in [0.4, 0.5) is 0 Å². The molecule has 90 valence electrons. The maximum atomic E-state index is 12.0. The fraction of sp³-hybridized carbons (Fsp3) is 0.0833. The van der Waals surface area contributed by atoms with Gasteiger partial charge in [0.2, 0.25) is 5.69 Å². The van der Waals surface area contributed by atoms with Crippen LogP contribution in [-0.4, -0.2) is 14.9 Å². The molecule has 0 spiro atoms. The Kier molecular flexibility index (Phi) is 3.08. The van der Waals surface area contributed by atoms with Crippen molar-refractivity contribution in [3.8, 4) is 17.5 Å². The molecule has 0 saturated carbocycles. The van der Waals surface area contributed by atoms with E-state index in [9.17, 15) is 9.90 Å². The predicted molar refractivity (Wildman–Crippen MR) is 64.1 cm³/mol. The standard InChI is InChI=1S/C12H10N4O2/c13-6-9-11(17)10(7-14)15-16(12(9)18)8-4-2-1-3-5-8/h1-5,17H,6,13H2. The van der Waals surface area contributed by atoms with E-state index in [0.29, 0.717) is 5.69 Å². The van der Waals surface area contributed by atoms with E-state index < -0.39 is 11.3 Å². The first-order valence-corrected chi connectivity index (χ1v) is 5.19. The Morgan fingerprint density at radius 2 is 2.06 bits per heavy atom. The van der Waals surface area contributed by atoms with Gasteiger partial charge in [-0.05, 0) is 12.1 Å². The Labute approximate surface area is 103 Å². The van der Waals surface area contributed by atoms with Crippen LogP contribution in [0.15, 0.2) is 35.1 Å². The zero-order valence-electron chi connectivity index (χ0n) is 9.37. The minimum absolute atomic E-state index is 0.0228. The Balaban J connectivity index is 2.78. The lowest BCUT2D eigenvalue weighted by atomic mass is 10.2. The van der Waals surface area contributed by atoms with Gasteiger partial charge in [-0.1, -0.05) is 18.2 Å². The maximum absolute atomic E-state index is 12.0. The number of hydrogen-bond donors (Lipinski definition) is 2. The summed E-state index contributed by atoms with van der Waals surface area (Å²) in [4.78, 5) is 12.0. The molecule has 6 heteroatoms. The van der Waals surface area contributed by atoms with Gasteiger partial charge in [-0.25, -0.2) is 0 Å². The second-order valence-electron chi connectivity index (χ2n) is 3.54. The molecule has 1 aromatic carbocycles. The summed E-state index contributed by atoms with van der Waals surface area (Å²) >= 11 is 0. The number of nitrogens with zero attached hydrogens (tertiary/aromatic N) is 3. The van der Waals surface area contributed by atoms with Crippen molar-refractivity contribution in [1.29, 1.82) is 5.26 Å². The number of hydrogen-bond acceptors (Lipinski definition) is 5. The van der Waals surface area contributed by atoms with Crippen LogP contribution < -0.4 is 11.3 Å². The van der Waals surface area contributed by atoms with Crippen LogP contribution in [0.25, 0.3) is 5.69 Å². The third-order valence-corrected chi connectivity index (χ3v) is 2.47. The molecule has 0 aliphatic carbocycles. The summed E-state index contributed by atoms with van der Waals surface area (Å²) in [7, 11) is 0.